The van der Waals surface area contributed by atoms with Crippen molar-refractivity contribution in [2.24, 2.45) is 0 Å². The molecule has 5 nitrogen and oxygen atoms in total. The van der Waals surface area contributed by atoms with Crippen LogP contribution in [0.1, 0.15) is 16.3 Å². The lowest BCUT2D eigenvalue weighted by molar-refractivity contribution is -0.255. The van der Waals surface area contributed by atoms with Crippen LogP contribution >= 0.6 is 0 Å². The van der Waals surface area contributed by atoms with Crippen molar-refractivity contribution in [2.45, 2.75) is 6.92 Å². The van der Waals surface area contributed by atoms with Gasteiger partial charge in [-0.05, 0) is 6.92 Å². The molecule has 1 N–H and O–H groups in total. The van der Waals surface area contributed by atoms with Crippen LogP contribution in [0, 0.1) is 6.92 Å². The van der Waals surface area contributed by atoms with E-state index in [2.05, 4.69) is 9.97 Å². The lowest BCUT2D eigenvalue weighted by Crippen LogP contribution is -2.26. The highest BCUT2D eigenvalue weighted by Crippen LogP contribution is 1.87. The van der Waals surface area contributed by atoms with E-state index in [1.165, 1.54) is 6.92 Å². The fourth-order valence-electron chi connectivity index (χ4n) is 0.684. The van der Waals surface area contributed by atoms with Gasteiger partial charge in [-0.3, -0.25) is 4.79 Å². The quantitative estimate of drug-likeness (QED) is 0.528. The molecular formula is C6H5N2O3-. The maximum atomic E-state index is 10.6. The van der Waals surface area contributed by atoms with Crippen LogP contribution in [-0.4, -0.2) is 15.9 Å². The normalized spacial score (nSPS) is 9.55. The second kappa shape index (κ2) is 2.53. The molecule has 0 bridgehead atoms. The summed E-state index contributed by atoms with van der Waals surface area (Å²) >= 11 is 0. The molecule has 1 heterocycles. The predicted molar refractivity (Wildman–Crippen MR) is 33.9 cm³/mol. The smallest absolute Gasteiger partial charge is 0.251 e. The zero-order valence-corrected chi connectivity index (χ0v) is 5.75. The molecule has 0 fully saturated rings. The maximum Gasteiger partial charge on any atom is 0.251 e. The third-order valence-electron chi connectivity index (χ3n) is 1.07. The summed E-state index contributed by atoms with van der Waals surface area (Å²) in [5.74, 6) is -1.18. The van der Waals surface area contributed by atoms with Crippen LogP contribution in [0.25, 0.3) is 0 Å². The van der Waals surface area contributed by atoms with Gasteiger partial charge in [0.2, 0.25) is 0 Å². The summed E-state index contributed by atoms with van der Waals surface area (Å²) in [5.41, 5.74) is -0.831. The molecule has 0 saturated carbocycles. The first kappa shape index (κ1) is 7.46. The number of rotatable bonds is 1. The minimum atomic E-state index is -1.45. The van der Waals surface area contributed by atoms with Crippen molar-refractivity contribution in [1.29, 1.82) is 0 Å². The van der Waals surface area contributed by atoms with Gasteiger partial charge in [0.05, 0.1) is 11.7 Å². The number of hydrogen-bond acceptors (Lipinski definition) is 4. The van der Waals surface area contributed by atoms with E-state index in [1.54, 1.807) is 0 Å². The van der Waals surface area contributed by atoms with Crippen LogP contribution in [0.2, 0.25) is 0 Å². The average molecular weight is 153 g/mol. The highest BCUT2D eigenvalue weighted by atomic mass is 16.4. The molecule has 0 aliphatic heterocycles. The molecular weight excluding hydrogens is 148 g/mol. The molecule has 0 aromatic carbocycles. The topological polar surface area (TPSA) is 85.9 Å². The molecule has 0 aliphatic carbocycles. The Morgan fingerprint density at radius 1 is 1.73 bits per heavy atom. The van der Waals surface area contributed by atoms with Crippen molar-refractivity contribution in [2.75, 3.05) is 0 Å². The number of aromatic amines is 1. The molecule has 5 heteroatoms. The van der Waals surface area contributed by atoms with E-state index in [9.17, 15) is 14.7 Å². The first-order valence-electron chi connectivity index (χ1n) is 2.89. The van der Waals surface area contributed by atoms with E-state index < -0.39 is 11.5 Å². The number of aromatic nitrogens is 2. The molecule has 1 aromatic rings. The molecule has 0 saturated heterocycles. The van der Waals surface area contributed by atoms with Crippen LogP contribution in [0.3, 0.4) is 0 Å². The Balaban J connectivity index is 3.30. The second-order valence-electron chi connectivity index (χ2n) is 2.00. The third-order valence-corrected chi connectivity index (χ3v) is 1.07. The summed E-state index contributed by atoms with van der Waals surface area (Å²) in [6, 6.07) is 0.877. The number of aromatic carboxylic acids is 1. The number of carboxylic acids is 1. The average Bonchev–Trinajstić information content (AvgIpc) is 1.85. The summed E-state index contributed by atoms with van der Waals surface area (Å²) in [4.78, 5) is 26.6. The van der Waals surface area contributed by atoms with E-state index in [0.29, 0.717) is 0 Å². The number of hydrogen-bond donors (Lipinski definition) is 1. The fourth-order valence-corrected chi connectivity index (χ4v) is 0.684. The molecule has 58 valence electrons. The number of nitrogens with zero attached hydrogens (tertiary/aromatic N) is 1. The van der Waals surface area contributed by atoms with Crippen molar-refractivity contribution in [3.05, 3.63) is 27.9 Å². The minimum Gasteiger partial charge on any atom is -0.543 e. The van der Waals surface area contributed by atoms with Crippen LogP contribution < -0.4 is 10.7 Å². The van der Waals surface area contributed by atoms with E-state index in [1.807, 2.05) is 0 Å². The Morgan fingerprint density at radius 2 is 2.36 bits per heavy atom. The zero-order valence-electron chi connectivity index (χ0n) is 5.75. The van der Waals surface area contributed by atoms with Gasteiger partial charge >= 0.3 is 0 Å². The highest BCUT2D eigenvalue weighted by molar-refractivity contribution is 5.83. The Morgan fingerprint density at radius 3 is 2.82 bits per heavy atom. The highest BCUT2D eigenvalue weighted by Gasteiger charge is 1.96. The van der Waals surface area contributed by atoms with Crippen LogP contribution in [0.5, 0.6) is 0 Å². The predicted octanol–water partition coefficient (Wildman–Crippen LogP) is -1.56. The third kappa shape index (κ3) is 1.64. The van der Waals surface area contributed by atoms with Gasteiger partial charge in [0, 0.05) is 6.07 Å². The van der Waals surface area contributed by atoms with Crippen molar-refractivity contribution in [1.82, 2.24) is 9.97 Å². The summed E-state index contributed by atoms with van der Waals surface area (Å²) in [6.07, 6.45) is 0. The van der Waals surface area contributed by atoms with Gasteiger partial charge in [-0.2, -0.15) is 0 Å². The Bertz CT molecular complexity index is 342. The van der Waals surface area contributed by atoms with Gasteiger partial charge in [0.25, 0.3) is 5.56 Å². The van der Waals surface area contributed by atoms with E-state index in [4.69, 9.17) is 0 Å². The van der Waals surface area contributed by atoms with E-state index >= 15 is 0 Å². The van der Waals surface area contributed by atoms with E-state index in [0.717, 1.165) is 6.07 Å². The first-order chi connectivity index (χ1) is 5.09. The zero-order chi connectivity index (χ0) is 8.43. The number of carboxylic acid groups (broad SMARTS) is 1. The van der Waals surface area contributed by atoms with Crippen LogP contribution in [0.4, 0.5) is 0 Å². The summed E-state index contributed by atoms with van der Waals surface area (Å²) in [7, 11) is 0. The van der Waals surface area contributed by atoms with Crippen molar-refractivity contribution < 1.29 is 9.90 Å². The van der Waals surface area contributed by atoms with Crippen molar-refractivity contribution in [3.8, 4) is 0 Å². The number of nitrogens with one attached hydrogen (secondary N) is 1. The largest absolute Gasteiger partial charge is 0.543 e. The number of carbonyl (C=O) groups excluding carboxylic acids is 1. The minimum absolute atomic E-state index is 0.261. The molecule has 0 spiro atoms. The molecule has 0 aliphatic rings. The van der Waals surface area contributed by atoms with Gasteiger partial charge in [-0.15, -0.1) is 0 Å². The van der Waals surface area contributed by atoms with Crippen molar-refractivity contribution in [3.63, 3.8) is 0 Å². The number of carbonyl (C=O) groups is 1. The van der Waals surface area contributed by atoms with Gasteiger partial charge in [0.15, 0.2) is 0 Å². The molecule has 0 radical (unpaired) electrons. The summed E-state index contributed by atoms with van der Waals surface area (Å²) in [5, 5.41) is 10.2. The van der Waals surface area contributed by atoms with Gasteiger partial charge < -0.3 is 14.9 Å². The second-order valence-corrected chi connectivity index (χ2v) is 2.00. The van der Waals surface area contributed by atoms with Crippen LogP contribution in [-0.2, 0) is 0 Å². The van der Waals surface area contributed by atoms with Crippen molar-refractivity contribution >= 4 is 5.97 Å². The number of H-pyrrole nitrogens is 1. The van der Waals surface area contributed by atoms with Gasteiger partial charge in [0.1, 0.15) is 5.82 Å². The first-order valence-corrected chi connectivity index (χ1v) is 2.89. The monoisotopic (exact) mass is 153 g/mol. The van der Waals surface area contributed by atoms with Crippen LogP contribution in [0.15, 0.2) is 10.9 Å². The lowest BCUT2D eigenvalue weighted by atomic mass is 10.4. The molecule has 1 rings (SSSR count). The molecule has 0 atom stereocenters. The molecule has 0 amide bonds. The lowest BCUT2D eigenvalue weighted by Gasteiger charge is -1.99. The molecule has 0 unspecified atom stereocenters. The number of aryl methyl sites for hydroxylation is 1. The van der Waals surface area contributed by atoms with E-state index in [-0.39, 0.29) is 11.5 Å². The van der Waals surface area contributed by atoms with Gasteiger partial charge in [-0.25, -0.2) is 4.98 Å². The standard InChI is InChI=1S/C6H6N2O3/c1-3-7-4(6(10)11)2-5(9)8-3/h2H,1H3,(H,10,11)(H,7,8,9)/p-1. The fraction of sp³-hybridized carbons (Fsp3) is 0.167. The van der Waals surface area contributed by atoms with Gasteiger partial charge in [-0.1, -0.05) is 0 Å². The Labute approximate surface area is 61.7 Å². The molecule has 1 aromatic heterocycles. The SMILES string of the molecule is Cc1nc(C(=O)[O-])cc(=O)[nH]1. The maximum absolute atomic E-state index is 10.6. The summed E-state index contributed by atoms with van der Waals surface area (Å²) in [6.45, 7) is 1.49. The summed E-state index contributed by atoms with van der Waals surface area (Å²) < 4.78 is 0. The molecule has 11 heavy (non-hydrogen) atoms. The Kier molecular flexibility index (Phi) is 1.72. The Hall–Kier alpha value is -1.65.